The molecule has 0 saturated carbocycles. The quantitative estimate of drug-likeness (QED) is 0.711. The molecule has 0 heterocycles. The van der Waals surface area contributed by atoms with Crippen molar-refractivity contribution in [1.29, 1.82) is 0 Å². The molecule has 0 aromatic heterocycles. The summed E-state index contributed by atoms with van der Waals surface area (Å²) in [4.78, 5) is 11.1. The van der Waals surface area contributed by atoms with Gasteiger partial charge in [-0.2, -0.15) is 0 Å². The molecule has 0 unspecified atom stereocenters. The number of hydrogen-bond donors (Lipinski definition) is 0. The Labute approximate surface area is 92.3 Å². The summed E-state index contributed by atoms with van der Waals surface area (Å²) in [7, 11) is 1.62. The Kier molecular flexibility index (Phi) is 6.43. The Balaban J connectivity index is 0.000000921. The number of ether oxygens (including phenoxy) is 1. The third-order valence-electron chi connectivity index (χ3n) is 2.07. The molecule has 2 heteroatoms. The minimum Gasteiger partial charge on any atom is -0.496 e. The van der Waals surface area contributed by atoms with Gasteiger partial charge in [-0.05, 0) is 25.0 Å². The average Bonchev–Trinajstić information content (AvgIpc) is 2.30. The summed E-state index contributed by atoms with van der Waals surface area (Å²) in [6.45, 7) is 7.62. The Bertz CT molecular complexity index is 316. The van der Waals surface area contributed by atoms with E-state index in [0.29, 0.717) is 5.56 Å². The van der Waals surface area contributed by atoms with Gasteiger partial charge in [0.15, 0.2) is 5.78 Å². The predicted octanol–water partition coefficient (Wildman–Crippen LogP) is 3.49. The summed E-state index contributed by atoms with van der Waals surface area (Å²) >= 11 is 0. The van der Waals surface area contributed by atoms with Gasteiger partial charge in [0.2, 0.25) is 0 Å². The Hall–Kier alpha value is -1.31. The number of aryl methyl sites for hydroxylation is 1. The van der Waals surface area contributed by atoms with E-state index < -0.39 is 0 Å². The van der Waals surface area contributed by atoms with Crippen LogP contribution in [0.25, 0.3) is 0 Å². The van der Waals surface area contributed by atoms with Crippen LogP contribution in [0.2, 0.25) is 0 Å². The minimum atomic E-state index is 0.0703. The third kappa shape index (κ3) is 3.74. The van der Waals surface area contributed by atoms with E-state index in [1.165, 1.54) is 0 Å². The number of Topliss-reactive ketones (excluding diaryl/α,β-unsaturated/α-hetero) is 1. The molecule has 2 nitrogen and oxygen atoms in total. The van der Waals surface area contributed by atoms with Gasteiger partial charge in [-0.1, -0.05) is 32.9 Å². The molecule has 0 bridgehead atoms. The Morgan fingerprint density at radius 2 is 1.93 bits per heavy atom. The maximum atomic E-state index is 11.1. The molecule has 0 N–H and O–H groups in total. The van der Waals surface area contributed by atoms with Crippen LogP contribution in [0.15, 0.2) is 18.2 Å². The molecule has 84 valence electrons. The van der Waals surface area contributed by atoms with Gasteiger partial charge in [-0.25, -0.2) is 0 Å². The van der Waals surface area contributed by atoms with Crippen LogP contribution in [0.1, 0.15) is 43.6 Å². The summed E-state index contributed by atoms with van der Waals surface area (Å²) in [6, 6.07) is 5.57. The number of ketones is 1. The monoisotopic (exact) mass is 208 g/mol. The molecule has 1 aromatic carbocycles. The number of benzene rings is 1. The molecule has 0 saturated heterocycles. The molecule has 1 rings (SSSR count). The second-order valence-electron chi connectivity index (χ2n) is 2.94. The van der Waals surface area contributed by atoms with Gasteiger partial charge in [-0.15, -0.1) is 0 Å². The average molecular weight is 208 g/mol. The first-order valence-corrected chi connectivity index (χ1v) is 5.37. The molecule has 15 heavy (non-hydrogen) atoms. The van der Waals surface area contributed by atoms with Crippen LogP contribution >= 0.6 is 0 Å². The first-order chi connectivity index (χ1) is 7.19. The van der Waals surface area contributed by atoms with Gasteiger partial charge >= 0.3 is 0 Å². The normalized spacial score (nSPS) is 8.87. The van der Waals surface area contributed by atoms with E-state index in [1.54, 1.807) is 20.1 Å². The summed E-state index contributed by atoms with van der Waals surface area (Å²) in [5.41, 5.74) is 1.83. The highest BCUT2D eigenvalue weighted by atomic mass is 16.5. The van der Waals surface area contributed by atoms with Crippen molar-refractivity contribution in [3.05, 3.63) is 29.3 Å². The number of methoxy groups -OCH3 is 1. The van der Waals surface area contributed by atoms with Gasteiger partial charge in [-0.3, -0.25) is 4.79 Å². The Morgan fingerprint density at radius 1 is 1.33 bits per heavy atom. The van der Waals surface area contributed by atoms with Crippen molar-refractivity contribution in [1.82, 2.24) is 0 Å². The predicted molar refractivity (Wildman–Crippen MR) is 63.7 cm³/mol. The van der Waals surface area contributed by atoms with Crippen LogP contribution in [-0.2, 0) is 6.42 Å². The summed E-state index contributed by atoms with van der Waals surface area (Å²) in [6.07, 6.45) is 0.918. The first-order valence-electron chi connectivity index (χ1n) is 5.37. The van der Waals surface area contributed by atoms with Gasteiger partial charge in [0.25, 0.3) is 0 Å². The van der Waals surface area contributed by atoms with E-state index in [-0.39, 0.29) is 5.78 Å². The third-order valence-corrected chi connectivity index (χ3v) is 2.07. The highest BCUT2D eigenvalue weighted by Gasteiger charge is 2.04. The van der Waals surface area contributed by atoms with E-state index in [4.69, 9.17) is 4.74 Å². The molecule has 0 fully saturated rings. The van der Waals surface area contributed by atoms with Crippen molar-refractivity contribution in [2.45, 2.75) is 34.1 Å². The summed E-state index contributed by atoms with van der Waals surface area (Å²) < 4.78 is 5.17. The fraction of sp³-hybridized carbons (Fsp3) is 0.462. The van der Waals surface area contributed by atoms with Crippen LogP contribution in [0.3, 0.4) is 0 Å². The zero-order chi connectivity index (χ0) is 11.8. The lowest BCUT2D eigenvalue weighted by atomic mass is 10.1. The van der Waals surface area contributed by atoms with Crippen molar-refractivity contribution in [3.63, 3.8) is 0 Å². The number of carbonyl (C=O) groups excluding carboxylic acids is 1. The molecular weight excluding hydrogens is 188 g/mol. The van der Waals surface area contributed by atoms with Crippen LogP contribution in [0.4, 0.5) is 0 Å². The minimum absolute atomic E-state index is 0.0703. The molecule has 0 aliphatic rings. The number of rotatable bonds is 3. The molecular formula is C13H20O2. The van der Waals surface area contributed by atoms with Gasteiger partial charge in [0, 0.05) is 5.56 Å². The first kappa shape index (κ1) is 13.7. The van der Waals surface area contributed by atoms with E-state index in [1.807, 2.05) is 26.0 Å². The molecule has 1 aromatic rings. The van der Waals surface area contributed by atoms with Crippen LogP contribution in [-0.4, -0.2) is 12.9 Å². The summed E-state index contributed by atoms with van der Waals surface area (Å²) in [5.74, 6) is 0.871. The molecule has 0 aliphatic heterocycles. The largest absolute Gasteiger partial charge is 0.496 e. The van der Waals surface area contributed by atoms with Crippen LogP contribution < -0.4 is 4.74 Å². The standard InChI is InChI=1S/C11H14O2.C2H6/c1-4-9-5-6-10(8(2)12)7-11(9)13-3;1-2/h5-7H,4H2,1-3H3;1-2H3. The zero-order valence-electron chi connectivity index (χ0n) is 10.3. The number of hydrogen-bond acceptors (Lipinski definition) is 2. The second kappa shape index (κ2) is 7.04. The van der Waals surface area contributed by atoms with Crippen molar-refractivity contribution in [2.24, 2.45) is 0 Å². The van der Waals surface area contributed by atoms with E-state index in [9.17, 15) is 4.79 Å². The lowest BCUT2D eigenvalue weighted by Gasteiger charge is -2.07. The maximum Gasteiger partial charge on any atom is 0.159 e. The summed E-state index contributed by atoms with van der Waals surface area (Å²) in [5, 5.41) is 0. The smallest absolute Gasteiger partial charge is 0.159 e. The number of carbonyl (C=O) groups is 1. The SMILES string of the molecule is CC.CCc1ccc(C(C)=O)cc1OC. The second-order valence-corrected chi connectivity index (χ2v) is 2.94. The van der Waals surface area contributed by atoms with Crippen molar-refractivity contribution >= 4 is 5.78 Å². The van der Waals surface area contributed by atoms with Crippen molar-refractivity contribution in [3.8, 4) is 5.75 Å². The van der Waals surface area contributed by atoms with Crippen LogP contribution in [0, 0.1) is 0 Å². The Morgan fingerprint density at radius 3 is 2.33 bits per heavy atom. The zero-order valence-corrected chi connectivity index (χ0v) is 10.3. The molecule has 0 atom stereocenters. The maximum absolute atomic E-state index is 11.1. The van der Waals surface area contributed by atoms with Gasteiger partial charge in [0.05, 0.1) is 7.11 Å². The molecule has 0 amide bonds. The lowest BCUT2D eigenvalue weighted by molar-refractivity contribution is 0.101. The lowest BCUT2D eigenvalue weighted by Crippen LogP contribution is -1.96. The fourth-order valence-corrected chi connectivity index (χ4v) is 1.26. The highest BCUT2D eigenvalue weighted by molar-refractivity contribution is 5.94. The van der Waals surface area contributed by atoms with E-state index in [0.717, 1.165) is 17.7 Å². The molecule has 0 spiro atoms. The van der Waals surface area contributed by atoms with Gasteiger partial charge in [0.1, 0.15) is 5.75 Å². The molecule has 0 aliphatic carbocycles. The van der Waals surface area contributed by atoms with Gasteiger partial charge < -0.3 is 4.74 Å². The van der Waals surface area contributed by atoms with E-state index >= 15 is 0 Å². The van der Waals surface area contributed by atoms with E-state index in [2.05, 4.69) is 6.92 Å². The van der Waals surface area contributed by atoms with Crippen LogP contribution in [0.5, 0.6) is 5.75 Å². The van der Waals surface area contributed by atoms with Crippen molar-refractivity contribution < 1.29 is 9.53 Å². The highest BCUT2D eigenvalue weighted by Crippen LogP contribution is 2.20. The topological polar surface area (TPSA) is 26.3 Å². The fourth-order valence-electron chi connectivity index (χ4n) is 1.26. The van der Waals surface area contributed by atoms with Crippen molar-refractivity contribution in [2.75, 3.05) is 7.11 Å². The molecule has 0 radical (unpaired) electrons.